The Hall–Kier alpha value is -1.53. The highest BCUT2D eigenvalue weighted by atomic mass is 32.2. The molecule has 1 amide bonds. The number of nitrogens with zero attached hydrogens (tertiary/aromatic N) is 1. The number of ether oxygens (including phenoxy) is 1. The number of aromatic nitrogens is 1. The van der Waals surface area contributed by atoms with Gasteiger partial charge in [-0.1, -0.05) is 0 Å². The monoisotopic (exact) mass is 322 g/mol. The van der Waals surface area contributed by atoms with Gasteiger partial charge in [0, 0.05) is 9.77 Å². The van der Waals surface area contributed by atoms with Gasteiger partial charge >= 0.3 is 0 Å². The summed E-state index contributed by atoms with van der Waals surface area (Å²) in [4.78, 5) is 18.4. The molecular formula is C15H18N2O2S2. The van der Waals surface area contributed by atoms with Crippen LogP contribution in [0.1, 0.15) is 17.5 Å². The molecule has 0 unspecified atom stereocenters. The first-order chi connectivity index (χ1) is 10.1. The van der Waals surface area contributed by atoms with Gasteiger partial charge in [-0.25, -0.2) is 4.98 Å². The van der Waals surface area contributed by atoms with Crippen LogP contribution in [0.15, 0.2) is 29.2 Å². The third-order valence-electron chi connectivity index (χ3n) is 2.78. The first-order valence-electron chi connectivity index (χ1n) is 6.68. The second kappa shape index (κ2) is 7.47. The van der Waals surface area contributed by atoms with Crippen molar-refractivity contribution in [3.8, 4) is 5.75 Å². The van der Waals surface area contributed by atoms with Crippen molar-refractivity contribution in [2.24, 2.45) is 0 Å². The predicted molar refractivity (Wildman–Crippen MR) is 88.6 cm³/mol. The van der Waals surface area contributed by atoms with Crippen LogP contribution in [0.5, 0.6) is 5.75 Å². The maximum absolute atomic E-state index is 11.9. The molecule has 0 bridgehead atoms. The lowest BCUT2D eigenvalue weighted by atomic mass is 10.3. The summed E-state index contributed by atoms with van der Waals surface area (Å²) >= 11 is 3.00. The number of rotatable bonds is 6. The summed E-state index contributed by atoms with van der Waals surface area (Å²) in [6.07, 6.45) is 0. The highest BCUT2D eigenvalue weighted by Crippen LogP contribution is 2.23. The van der Waals surface area contributed by atoms with E-state index in [2.05, 4.69) is 10.3 Å². The lowest BCUT2D eigenvalue weighted by molar-refractivity contribution is -0.113. The fraction of sp³-hybridized carbons (Fsp3) is 0.333. The van der Waals surface area contributed by atoms with Gasteiger partial charge in [0.05, 0.1) is 18.1 Å². The molecule has 6 heteroatoms. The number of anilines is 1. The Morgan fingerprint density at radius 3 is 2.62 bits per heavy atom. The van der Waals surface area contributed by atoms with E-state index in [1.807, 2.05) is 45.0 Å². The normalized spacial score (nSPS) is 10.4. The number of carbonyl (C=O) groups is 1. The molecule has 0 radical (unpaired) electrons. The number of amides is 1. The number of hydrogen-bond donors (Lipinski definition) is 1. The molecule has 112 valence electrons. The second-order valence-electron chi connectivity index (χ2n) is 4.40. The Balaban J connectivity index is 1.83. The number of aryl methyl sites for hydroxylation is 2. The topological polar surface area (TPSA) is 51.2 Å². The number of carbonyl (C=O) groups excluding carboxylic acids is 1. The highest BCUT2D eigenvalue weighted by molar-refractivity contribution is 8.00. The van der Waals surface area contributed by atoms with Crippen molar-refractivity contribution in [3.05, 3.63) is 34.8 Å². The molecule has 2 rings (SSSR count). The lowest BCUT2D eigenvalue weighted by Gasteiger charge is -2.05. The standard InChI is InChI=1S/C15H18N2O2S2/c1-4-19-12-5-7-13(8-6-12)20-9-14(18)17-15-16-10(2)11(3)21-15/h5-8H,4,9H2,1-3H3,(H,16,17,18). The van der Waals surface area contributed by atoms with Crippen molar-refractivity contribution < 1.29 is 9.53 Å². The summed E-state index contributed by atoms with van der Waals surface area (Å²) in [5.74, 6) is 1.17. The molecule has 0 saturated carbocycles. The molecule has 21 heavy (non-hydrogen) atoms. The molecular weight excluding hydrogens is 304 g/mol. The smallest absolute Gasteiger partial charge is 0.236 e. The van der Waals surface area contributed by atoms with E-state index in [0.29, 0.717) is 17.5 Å². The SMILES string of the molecule is CCOc1ccc(SCC(=O)Nc2nc(C)c(C)s2)cc1. The molecule has 2 aromatic rings. The summed E-state index contributed by atoms with van der Waals surface area (Å²) in [5, 5.41) is 3.50. The van der Waals surface area contributed by atoms with E-state index in [4.69, 9.17) is 4.74 Å². The van der Waals surface area contributed by atoms with Crippen LogP contribution in [0, 0.1) is 13.8 Å². The van der Waals surface area contributed by atoms with E-state index in [-0.39, 0.29) is 5.91 Å². The Morgan fingerprint density at radius 1 is 1.33 bits per heavy atom. The van der Waals surface area contributed by atoms with E-state index >= 15 is 0 Å². The summed E-state index contributed by atoms with van der Waals surface area (Å²) in [5.41, 5.74) is 0.967. The second-order valence-corrected chi connectivity index (χ2v) is 6.65. The molecule has 0 aliphatic heterocycles. The average molecular weight is 322 g/mol. The summed E-state index contributed by atoms with van der Waals surface area (Å²) in [7, 11) is 0. The zero-order chi connectivity index (χ0) is 15.2. The van der Waals surface area contributed by atoms with Crippen LogP contribution in [-0.2, 0) is 4.79 Å². The molecule has 1 N–H and O–H groups in total. The number of thioether (sulfide) groups is 1. The first kappa shape index (κ1) is 15.9. The number of thiazole rings is 1. The van der Waals surface area contributed by atoms with E-state index in [1.54, 1.807) is 0 Å². The molecule has 1 heterocycles. The van der Waals surface area contributed by atoms with Gasteiger partial charge in [0.15, 0.2) is 5.13 Å². The molecule has 0 fully saturated rings. The van der Waals surface area contributed by atoms with Crippen LogP contribution in [0.3, 0.4) is 0 Å². The zero-order valence-corrected chi connectivity index (χ0v) is 13.9. The van der Waals surface area contributed by atoms with Crippen molar-refractivity contribution in [1.82, 2.24) is 4.98 Å². The van der Waals surface area contributed by atoms with Crippen LogP contribution in [0.2, 0.25) is 0 Å². The van der Waals surface area contributed by atoms with Gasteiger partial charge in [-0.05, 0) is 45.0 Å². The maximum atomic E-state index is 11.9. The first-order valence-corrected chi connectivity index (χ1v) is 8.48. The molecule has 4 nitrogen and oxygen atoms in total. The van der Waals surface area contributed by atoms with E-state index in [1.165, 1.54) is 23.1 Å². The summed E-state index contributed by atoms with van der Waals surface area (Å²) < 4.78 is 5.38. The molecule has 0 saturated heterocycles. The Kier molecular flexibility index (Phi) is 5.64. The van der Waals surface area contributed by atoms with Gasteiger partial charge < -0.3 is 10.1 Å². The van der Waals surface area contributed by atoms with E-state index < -0.39 is 0 Å². The van der Waals surface area contributed by atoms with Crippen molar-refractivity contribution in [2.45, 2.75) is 25.7 Å². The van der Waals surface area contributed by atoms with Crippen LogP contribution in [0.25, 0.3) is 0 Å². The van der Waals surface area contributed by atoms with Gasteiger partial charge in [0.25, 0.3) is 0 Å². The minimum atomic E-state index is -0.0392. The van der Waals surface area contributed by atoms with E-state index in [0.717, 1.165) is 21.2 Å². The Bertz CT molecular complexity index is 589. The van der Waals surface area contributed by atoms with Crippen molar-refractivity contribution >= 4 is 34.1 Å². The van der Waals surface area contributed by atoms with Crippen molar-refractivity contribution in [3.63, 3.8) is 0 Å². The minimum absolute atomic E-state index is 0.0392. The van der Waals surface area contributed by atoms with Crippen molar-refractivity contribution in [2.75, 3.05) is 17.7 Å². The van der Waals surface area contributed by atoms with Crippen molar-refractivity contribution in [1.29, 1.82) is 0 Å². The van der Waals surface area contributed by atoms with Gasteiger partial charge in [0.2, 0.25) is 5.91 Å². The van der Waals surface area contributed by atoms with Gasteiger partial charge in [-0.3, -0.25) is 4.79 Å². The molecule has 1 aromatic carbocycles. The van der Waals surface area contributed by atoms with Crippen LogP contribution < -0.4 is 10.1 Å². The molecule has 0 aliphatic carbocycles. The van der Waals surface area contributed by atoms with Crippen LogP contribution in [-0.4, -0.2) is 23.3 Å². The molecule has 0 atom stereocenters. The zero-order valence-electron chi connectivity index (χ0n) is 12.3. The van der Waals surface area contributed by atoms with Gasteiger partial charge in [-0.15, -0.1) is 23.1 Å². The number of hydrogen-bond acceptors (Lipinski definition) is 5. The van der Waals surface area contributed by atoms with Crippen LogP contribution >= 0.6 is 23.1 Å². The summed E-state index contributed by atoms with van der Waals surface area (Å²) in [6.45, 7) is 6.55. The van der Waals surface area contributed by atoms with E-state index in [9.17, 15) is 4.79 Å². The third-order valence-corrected chi connectivity index (χ3v) is 4.78. The number of nitrogens with one attached hydrogen (secondary N) is 1. The fourth-order valence-electron chi connectivity index (χ4n) is 1.63. The van der Waals surface area contributed by atoms with Crippen LogP contribution in [0.4, 0.5) is 5.13 Å². The predicted octanol–water partition coefficient (Wildman–Crippen LogP) is 3.89. The minimum Gasteiger partial charge on any atom is -0.494 e. The van der Waals surface area contributed by atoms with Gasteiger partial charge in [-0.2, -0.15) is 0 Å². The third kappa shape index (κ3) is 4.75. The Morgan fingerprint density at radius 2 is 2.05 bits per heavy atom. The lowest BCUT2D eigenvalue weighted by Crippen LogP contribution is -2.13. The molecule has 0 aliphatic rings. The fourth-order valence-corrected chi connectivity index (χ4v) is 3.16. The highest BCUT2D eigenvalue weighted by Gasteiger charge is 2.08. The Labute approximate surface area is 132 Å². The quantitative estimate of drug-likeness (QED) is 0.820. The largest absolute Gasteiger partial charge is 0.494 e. The number of benzene rings is 1. The van der Waals surface area contributed by atoms with Gasteiger partial charge in [0.1, 0.15) is 5.75 Å². The maximum Gasteiger partial charge on any atom is 0.236 e. The molecule has 1 aromatic heterocycles. The average Bonchev–Trinajstić information content (AvgIpc) is 2.77. The molecule has 0 spiro atoms. The summed E-state index contributed by atoms with van der Waals surface area (Å²) in [6, 6.07) is 7.75.